The summed E-state index contributed by atoms with van der Waals surface area (Å²) in [6, 6.07) is 2.77. The summed E-state index contributed by atoms with van der Waals surface area (Å²) in [7, 11) is 1.19. The molecule has 0 amide bonds. The Labute approximate surface area is 381 Å². The number of phenolic OH excluding ortho intramolecular Hbond substituents is 1. The van der Waals surface area contributed by atoms with Crippen LogP contribution in [0, 0.1) is 0 Å². The monoisotopic (exact) mass is 928 g/mol. The quantitative estimate of drug-likeness (QED) is 0.167. The summed E-state index contributed by atoms with van der Waals surface area (Å²) in [5.41, 5.74) is -7.62. The molecule has 0 spiro atoms. The number of rotatable bonds is 10. The number of hydrogen-bond acceptors (Lipinski definition) is 19. The second kappa shape index (κ2) is 18.5. The largest absolute Gasteiger partial charge is 0.507 e. The lowest BCUT2D eigenvalue weighted by Crippen LogP contribution is -2.71. The van der Waals surface area contributed by atoms with Crippen LogP contribution < -0.4 is 0 Å². The smallest absolute Gasteiger partial charge is 0.317 e. The Morgan fingerprint density at radius 2 is 1.41 bits per heavy atom. The summed E-state index contributed by atoms with van der Waals surface area (Å²) in [4.78, 5) is 67.2. The zero-order valence-corrected chi connectivity index (χ0v) is 37.8. The van der Waals surface area contributed by atoms with Gasteiger partial charge in [-0.15, -0.1) is 0 Å². The van der Waals surface area contributed by atoms with Gasteiger partial charge >= 0.3 is 11.9 Å². The Kier molecular flexibility index (Phi) is 13.6. The van der Waals surface area contributed by atoms with Crippen molar-refractivity contribution in [3.05, 3.63) is 52.1 Å². The number of Topliss-reactive ketones (excluding diaryl/α,β-unsaturated/α-hetero) is 3. The fraction of sp³-hybridized carbons (Fsp3) is 0.681. The van der Waals surface area contributed by atoms with E-state index in [1.165, 1.54) is 38.3 Å². The molecule has 0 aromatic heterocycles. The maximum absolute atomic E-state index is 14.7. The number of ketones is 3. The van der Waals surface area contributed by atoms with Gasteiger partial charge in [-0.1, -0.05) is 12.1 Å². The van der Waals surface area contributed by atoms with Crippen molar-refractivity contribution in [2.24, 2.45) is 0 Å². The van der Waals surface area contributed by atoms with E-state index in [1.54, 1.807) is 20.8 Å². The first kappa shape index (κ1) is 48.5. The van der Waals surface area contributed by atoms with E-state index in [0.717, 1.165) is 0 Å². The van der Waals surface area contributed by atoms with Crippen LogP contribution in [0.15, 0.2) is 35.4 Å². The van der Waals surface area contributed by atoms with Crippen molar-refractivity contribution in [3.8, 4) is 5.75 Å². The van der Waals surface area contributed by atoms with Gasteiger partial charge in [-0.2, -0.15) is 0 Å². The van der Waals surface area contributed by atoms with Gasteiger partial charge in [-0.25, -0.2) is 0 Å². The molecule has 4 heterocycles. The molecule has 4 aliphatic heterocycles. The second-order valence-electron chi connectivity index (χ2n) is 19.0. The summed E-state index contributed by atoms with van der Waals surface area (Å²) in [5, 5.41) is 56.8. The minimum absolute atomic E-state index is 0.0219. The molecule has 5 fully saturated rings. The van der Waals surface area contributed by atoms with Gasteiger partial charge in [0.1, 0.15) is 30.0 Å². The number of phenols is 1. The third-order valence-electron chi connectivity index (χ3n) is 14.0. The minimum atomic E-state index is -2.48. The first-order valence-corrected chi connectivity index (χ1v) is 22.8. The van der Waals surface area contributed by atoms with Crippen molar-refractivity contribution in [1.82, 2.24) is 0 Å². The molecular formula is C47H60O19. The van der Waals surface area contributed by atoms with Gasteiger partial charge in [0.05, 0.1) is 72.7 Å². The minimum Gasteiger partial charge on any atom is -0.507 e. The molecule has 362 valence electrons. The van der Waals surface area contributed by atoms with Crippen LogP contribution in [-0.4, -0.2) is 153 Å². The van der Waals surface area contributed by atoms with E-state index in [4.69, 9.17) is 37.9 Å². The van der Waals surface area contributed by atoms with Crippen LogP contribution in [0.25, 0.3) is 0 Å². The molecule has 0 bridgehead atoms. The number of aromatic hydroxyl groups is 1. The number of aliphatic hydroxyl groups is 4. The van der Waals surface area contributed by atoms with E-state index < -0.39 is 150 Å². The molecule has 19 heteroatoms. The average molecular weight is 929 g/mol. The number of benzene rings is 1. The normalized spacial score (nSPS) is 41.4. The fourth-order valence-electron chi connectivity index (χ4n) is 10.6. The highest BCUT2D eigenvalue weighted by molar-refractivity contribution is 6.32. The number of aliphatic hydroxyl groups excluding tert-OH is 2. The summed E-state index contributed by atoms with van der Waals surface area (Å²) < 4.78 is 53.2. The van der Waals surface area contributed by atoms with Gasteiger partial charge < -0.3 is 68.2 Å². The van der Waals surface area contributed by atoms with Gasteiger partial charge in [0, 0.05) is 55.2 Å². The van der Waals surface area contributed by atoms with E-state index in [-0.39, 0.29) is 47.6 Å². The Hall–Kier alpha value is -3.99. The first-order valence-electron chi connectivity index (χ1n) is 22.8. The highest BCUT2D eigenvalue weighted by Gasteiger charge is 2.69. The lowest BCUT2D eigenvalue weighted by Gasteiger charge is -2.55. The van der Waals surface area contributed by atoms with E-state index in [2.05, 4.69) is 4.74 Å². The molecule has 0 radical (unpaired) electrons. The van der Waals surface area contributed by atoms with Crippen molar-refractivity contribution in [2.75, 3.05) is 7.11 Å². The number of esters is 2. The maximum Gasteiger partial charge on any atom is 0.317 e. The van der Waals surface area contributed by atoms with E-state index in [9.17, 15) is 49.5 Å². The maximum atomic E-state index is 14.7. The van der Waals surface area contributed by atoms with Crippen LogP contribution in [0.4, 0.5) is 0 Å². The number of carbonyl (C=O) groups excluding carboxylic acids is 5. The van der Waals surface area contributed by atoms with Crippen LogP contribution in [-0.2, 0) is 57.0 Å². The number of hydrogen-bond donors (Lipinski definition) is 5. The second-order valence-corrected chi connectivity index (χ2v) is 19.0. The van der Waals surface area contributed by atoms with E-state index >= 15 is 0 Å². The third-order valence-corrected chi connectivity index (χ3v) is 14.0. The van der Waals surface area contributed by atoms with Crippen molar-refractivity contribution in [3.63, 3.8) is 0 Å². The molecule has 1 aromatic rings. The van der Waals surface area contributed by atoms with Crippen molar-refractivity contribution in [2.45, 2.75) is 196 Å². The van der Waals surface area contributed by atoms with Crippen molar-refractivity contribution >= 4 is 29.3 Å². The molecule has 1 saturated carbocycles. The molecule has 1 aromatic carbocycles. The zero-order chi connectivity index (χ0) is 47.6. The number of carbonyl (C=O) groups is 5. The van der Waals surface area contributed by atoms with Crippen LogP contribution >= 0.6 is 0 Å². The number of methoxy groups -OCH3 is 1. The number of ether oxygens (including phenoxy) is 9. The lowest BCUT2D eigenvalue weighted by molar-refractivity contribution is -0.300. The first-order chi connectivity index (χ1) is 31.1. The van der Waals surface area contributed by atoms with Gasteiger partial charge in [0.2, 0.25) is 0 Å². The predicted octanol–water partition coefficient (Wildman–Crippen LogP) is 2.63. The molecule has 3 aliphatic carbocycles. The van der Waals surface area contributed by atoms with Crippen LogP contribution in [0.2, 0.25) is 0 Å². The van der Waals surface area contributed by atoms with Crippen LogP contribution in [0.3, 0.4) is 0 Å². The molecule has 5 N–H and O–H groups in total. The van der Waals surface area contributed by atoms with Crippen LogP contribution in [0.1, 0.15) is 131 Å². The summed E-state index contributed by atoms with van der Waals surface area (Å²) in [6.45, 7) is 8.23. The average Bonchev–Trinajstić information content (AvgIpc) is 3.24. The van der Waals surface area contributed by atoms with Gasteiger partial charge in [0.15, 0.2) is 41.8 Å². The van der Waals surface area contributed by atoms with E-state index in [0.29, 0.717) is 25.7 Å². The zero-order valence-electron chi connectivity index (χ0n) is 37.8. The third kappa shape index (κ3) is 8.93. The molecular weight excluding hydrogens is 868 g/mol. The van der Waals surface area contributed by atoms with Crippen LogP contribution in [0.5, 0.6) is 5.75 Å². The lowest BCUT2D eigenvalue weighted by atomic mass is 9.57. The highest BCUT2D eigenvalue weighted by atomic mass is 16.7. The Balaban J connectivity index is 0.957. The molecule has 19 nitrogen and oxygen atoms in total. The number of allylic oxidation sites excluding steroid dienone is 2. The molecule has 16 atom stereocenters. The van der Waals surface area contributed by atoms with Gasteiger partial charge in [0.25, 0.3) is 0 Å². The molecule has 8 rings (SSSR count). The summed E-state index contributed by atoms with van der Waals surface area (Å²) >= 11 is 0. The number of fused-ring (bicyclic) bond motifs is 3. The SMILES string of the molecule is COC(=O)CC(=O)OC1CCC(OC2CCC(OC3CC(c4ccc5c(c4O)C(=O)C4=C(C5=O)C5(OC6CCC(O)C(C)O6)C(=O)CC(C)(O)CC5(O)C=C4)OC(C)C3O)OC2C)OC1C. The molecule has 4 saturated heterocycles. The Morgan fingerprint density at radius 3 is 2.06 bits per heavy atom. The molecule has 7 aliphatic rings. The fourth-order valence-corrected chi connectivity index (χ4v) is 10.6. The van der Waals surface area contributed by atoms with Crippen molar-refractivity contribution in [1.29, 1.82) is 0 Å². The standard InChI is InChI=1S/C47H60O19/c1-21-28(48)9-12-38(60-21)66-47-33(49)19-45(5,56)20-46(47,57)16-15-27-40(47)44(55)26-8-7-25(42(53)39(26)43(27)54)31-17-32(41(52)24(4)59-31)65-37-14-11-30(23(3)62-37)64-36-13-10-29(22(2)61-36)63-35(51)18-34(50)58-6/h7-8,15-16,21-24,28-32,36-38,41,48,52-53,56-57H,9-14,17-20H2,1-6H3. The van der Waals surface area contributed by atoms with Crippen molar-refractivity contribution < 1.29 is 92.1 Å². The van der Waals surface area contributed by atoms with Gasteiger partial charge in [-0.05, 0) is 66.0 Å². The predicted molar refractivity (Wildman–Crippen MR) is 223 cm³/mol. The molecule has 16 unspecified atom stereocenters. The Morgan fingerprint density at radius 1 is 0.773 bits per heavy atom. The summed E-state index contributed by atoms with van der Waals surface area (Å²) in [5.74, 6) is -4.44. The van der Waals surface area contributed by atoms with Gasteiger partial charge in [-0.3, -0.25) is 24.0 Å². The highest BCUT2D eigenvalue weighted by Crippen LogP contribution is 2.55. The molecule has 66 heavy (non-hydrogen) atoms. The summed E-state index contributed by atoms with van der Waals surface area (Å²) in [6.07, 6.45) is -6.47. The van der Waals surface area contributed by atoms with E-state index in [1.807, 2.05) is 6.92 Å². The topological polar surface area (TPSA) is 270 Å². The Bertz CT molecular complexity index is 2170.